The fraction of sp³-hybridized carbons (Fsp3) is 0.267. The molecule has 0 spiro atoms. The van der Waals surface area contributed by atoms with Crippen LogP contribution < -0.4 is 0 Å². The predicted molar refractivity (Wildman–Crippen MR) is 76.7 cm³/mol. The zero-order valence-electron chi connectivity index (χ0n) is 11.7. The van der Waals surface area contributed by atoms with Crippen LogP contribution in [0, 0.1) is 12.7 Å². The molecule has 0 aliphatic carbocycles. The molecule has 0 N–H and O–H groups in total. The third-order valence-electron chi connectivity index (χ3n) is 3.03. The molecule has 1 aromatic heterocycles. The van der Waals surface area contributed by atoms with Crippen LogP contribution in [0.1, 0.15) is 22.6 Å². The van der Waals surface area contributed by atoms with Crippen LogP contribution in [0.25, 0.3) is 0 Å². The largest absolute Gasteiger partial charge is 0.469 e. The van der Waals surface area contributed by atoms with E-state index >= 15 is 0 Å². The van der Waals surface area contributed by atoms with Crippen molar-refractivity contribution in [2.24, 2.45) is 0 Å². The molecule has 110 valence electrons. The van der Waals surface area contributed by atoms with Crippen LogP contribution in [-0.2, 0) is 22.4 Å². The molecule has 0 saturated carbocycles. The molecule has 0 atom stereocenters. The predicted octanol–water partition coefficient (Wildman–Crippen LogP) is 2.88. The number of hydrogen-bond donors (Lipinski definition) is 0. The standard InChI is InChI=1S/C15H14ClFN2O2/c1-9-12(7-10-3-5-11(17)6-4-10)15(16)19-13(18-9)8-14(20)21-2/h3-6H,7-8H2,1-2H3. The number of hydrogen-bond acceptors (Lipinski definition) is 4. The summed E-state index contributed by atoms with van der Waals surface area (Å²) in [4.78, 5) is 19.6. The van der Waals surface area contributed by atoms with Crippen LogP contribution >= 0.6 is 11.6 Å². The van der Waals surface area contributed by atoms with Crippen molar-refractivity contribution in [3.8, 4) is 0 Å². The highest BCUT2D eigenvalue weighted by molar-refractivity contribution is 6.30. The van der Waals surface area contributed by atoms with Crippen molar-refractivity contribution in [3.05, 3.63) is 57.9 Å². The fourth-order valence-corrected chi connectivity index (χ4v) is 2.20. The lowest BCUT2D eigenvalue weighted by molar-refractivity contribution is -0.139. The quantitative estimate of drug-likeness (QED) is 0.644. The summed E-state index contributed by atoms with van der Waals surface area (Å²) in [7, 11) is 1.31. The molecule has 6 heteroatoms. The van der Waals surface area contributed by atoms with Gasteiger partial charge < -0.3 is 4.74 Å². The van der Waals surface area contributed by atoms with Crippen LogP contribution in [0.5, 0.6) is 0 Å². The van der Waals surface area contributed by atoms with E-state index in [1.54, 1.807) is 19.1 Å². The fourth-order valence-electron chi connectivity index (χ4n) is 1.90. The zero-order valence-corrected chi connectivity index (χ0v) is 12.4. The SMILES string of the molecule is COC(=O)Cc1nc(C)c(Cc2ccc(F)cc2)c(Cl)n1. The number of halogens is 2. The Morgan fingerprint density at radius 2 is 1.95 bits per heavy atom. The van der Waals surface area contributed by atoms with Gasteiger partial charge in [0.25, 0.3) is 0 Å². The number of methoxy groups -OCH3 is 1. The van der Waals surface area contributed by atoms with E-state index in [1.165, 1.54) is 19.2 Å². The molecule has 2 rings (SSSR count). The molecule has 2 aromatic rings. The van der Waals surface area contributed by atoms with Crippen LogP contribution in [0.15, 0.2) is 24.3 Å². The minimum atomic E-state index is -0.420. The molecular formula is C15H14ClFN2O2. The maximum atomic E-state index is 12.9. The number of carbonyl (C=O) groups is 1. The van der Waals surface area contributed by atoms with Gasteiger partial charge in [0.1, 0.15) is 23.2 Å². The van der Waals surface area contributed by atoms with Crippen molar-refractivity contribution in [2.75, 3.05) is 7.11 Å². The van der Waals surface area contributed by atoms with Gasteiger partial charge in [0.15, 0.2) is 0 Å². The first-order valence-electron chi connectivity index (χ1n) is 6.32. The highest BCUT2D eigenvalue weighted by atomic mass is 35.5. The molecule has 0 bridgehead atoms. The summed E-state index contributed by atoms with van der Waals surface area (Å²) in [6.45, 7) is 1.80. The van der Waals surface area contributed by atoms with Gasteiger partial charge in [-0.1, -0.05) is 23.7 Å². The first-order chi connectivity index (χ1) is 9.99. The van der Waals surface area contributed by atoms with Crippen LogP contribution in [0.3, 0.4) is 0 Å². The minimum absolute atomic E-state index is 0.0200. The van der Waals surface area contributed by atoms with Gasteiger partial charge in [0.2, 0.25) is 0 Å². The first kappa shape index (κ1) is 15.4. The minimum Gasteiger partial charge on any atom is -0.469 e. The molecule has 0 aliphatic rings. The second kappa shape index (κ2) is 6.63. The average molecular weight is 309 g/mol. The highest BCUT2D eigenvalue weighted by Gasteiger charge is 2.13. The van der Waals surface area contributed by atoms with Gasteiger partial charge in [-0.3, -0.25) is 4.79 Å². The Kier molecular flexibility index (Phi) is 4.85. The molecule has 0 radical (unpaired) electrons. The lowest BCUT2D eigenvalue weighted by Gasteiger charge is -2.09. The second-order valence-corrected chi connectivity index (χ2v) is 4.91. The third-order valence-corrected chi connectivity index (χ3v) is 3.35. The number of rotatable bonds is 4. The van der Waals surface area contributed by atoms with Gasteiger partial charge in [0.05, 0.1) is 7.11 Å². The van der Waals surface area contributed by atoms with Crippen molar-refractivity contribution in [1.29, 1.82) is 0 Å². The Hall–Kier alpha value is -2.01. The Morgan fingerprint density at radius 1 is 1.29 bits per heavy atom. The van der Waals surface area contributed by atoms with Gasteiger partial charge in [-0.2, -0.15) is 0 Å². The second-order valence-electron chi connectivity index (χ2n) is 4.55. The van der Waals surface area contributed by atoms with E-state index < -0.39 is 5.97 Å². The molecule has 4 nitrogen and oxygen atoms in total. The normalized spacial score (nSPS) is 10.5. The Bertz CT molecular complexity index is 636. The van der Waals surface area contributed by atoms with E-state index in [2.05, 4.69) is 14.7 Å². The molecule has 1 heterocycles. The van der Waals surface area contributed by atoms with Crippen LogP contribution in [0.4, 0.5) is 4.39 Å². The molecule has 0 amide bonds. The molecule has 0 fully saturated rings. The van der Waals surface area contributed by atoms with Gasteiger partial charge in [-0.25, -0.2) is 14.4 Å². The maximum Gasteiger partial charge on any atom is 0.313 e. The molecular weight excluding hydrogens is 295 g/mol. The number of carbonyl (C=O) groups excluding carboxylic acids is 1. The lowest BCUT2D eigenvalue weighted by Crippen LogP contribution is -2.10. The van der Waals surface area contributed by atoms with Crippen molar-refractivity contribution in [3.63, 3.8) is 0 Å². The van der Waals surface area contributed by atoms with E-state index in [0.29, 0.717) is 23.1 Å². The highest BCUT2D eigenvalue weighted by Crippen LogP contribution is 2.20. The van der Waals surface area contributed by atoms with Crippen LogP contribution in [0.2, 0.25) is 5.15 Å². The van der Waals surface area contributed by atoms with Crippen LogP contribution in [-0.4, -0.2) is 23.0 Å². The van der Waals surface area contributed by atoms with Crippen molar-refractivity contribution in [2.45, 2.75) is 19.8 Å². The summed E-state index contributed by atoms with van der Waals surface area (Å²) in [5.74, 6) is -0.379. The first-order valence-corrected chi connectivity index (χ1v) is 6.70. The molecule has 0 saturated heterocycles. The van der Waals surface area contributed by atoms with Gasteiger partial charge in [-0.15, -0.1) is 0 Å². The molecule has 21 heavy (non-hydrogen) atoms. The number of aryl methyl sites for hydroxylation is 1. The number of esters is 1. The number of aromatic nitrogens is 2. The average Bonchev–Trinajstić information content (AvgIpc) is 2.44. The summed E-state index contributed by atoms with van der Waals surface area (Å²) in [5, 5.41) is 0.297. The summed E-state index contributed by atoms with van der Waals surface area (Å²) in [6, 6.07) is 6.16. The maximum absolute atomic E-state index is 12.9. The summed E-state index contributed by atoms with van der Waals surface area (Å²) < 4.78 is 17.5. The van der Waals surface area contributed by atoms with E-state index in [0.717, 1.165) is 11.1 Å². The Morgan fingerprint density at radius 3 is 2.52 bits per heavy atom. The summed E-state index contributed by atoms with van der Waals surface area (Å²) >= 11 is 6.17. The lowest BCUT2D eigenvalue weighted by atomic mass is 10.1. The zero-order chi connectivity index (χ0) is 15.4. The van der Waals surface area contributed by atoms with Gasteiger partial charge in [0, 0.05) is 17.7 Å². The smallest absolute Gasteiger partial charge is 0.313 e. The van der Waals surface area contributed by atoms with E-state index in [9.17, 15) is 9.18 Å². The molecule has 1 aromatic carbocycles. The Labute approximate surface area is 126 Å². The van der Waals surface area contributed by atoms with E-state index in [-0.39, 0.29) is 12.2 Å². The topological polar surface area (TPSA) is 52.1 Å². The third kappa shape index (κ3) is 3.98. The molecule has 0 aliphatic heterocycles. The van der Waals surface area contributed by atoms with Gasteiger partial charge in [-0.05, 0) is 24.6 Å². The number of nitrogens with zero attached hydrogens (tertiary/aromatic N) is 2. The molecule has 0 unspecified atom stereocenters. The van der Waals surface area contributed by atoms with E-state index in [1.807, 2.05) is 0 Å². The summed E-state index contributed by atoms with van der Waals surface area (Å²) in [5.41, 5.74) is 2.36. The van der Waals surface area contributed by atoms with E-state index in [4.69, 9.17) is 11.6 Å². The monoisotopic (exact) mass is 308 g/mol. The Balaban J connectivity index is 2.24. The number of ether oxygens (including phenoxy) is 1. The van der Waals surface area contributed by atoms with Crippen molar-refractivity contribution >= 4 is 17.6 Å². The van der Waals surface area contributed by atoms with Crippen molar-refractivity contribution in [1.82, 2.24) is 9.97 Å². The summed E-state index contributed by atoms with van der Waals surface area (Å²) in [6.07, 6.45) is 0.483. The van der Waals surface area contributed by atoms with Gasteiger partial charge >= 0.3 is 5.97 Å². The number of benzene rings is 1. The van der Waals surface area contributed by atoms with Crippen molar-refractivity contribution < 1.29 is 13.9 Å².